The Kier molecular flexibility index (Phi) is 4.19. The normalized spacial score (nSPS) is 10.9. The molecule has 0 atom stereocenters. The summed E-state index contributed by atoms with van der Waals surface area (Å²) < 4.78 is 0. The Morgan fingerprint density at radius 2 is 1.77 bits per heavy atom. The van der Waals surface area contributed by atoms with Gasteiger partial charge in [0.25, 0.3) is 5.56 Å². The highest BCUT2D eigenvalue weighted by Gasteiger charge is 2.09. The van der Waals surface area contributed by atoms with Gasteiger partial charge in [0.1, 0.15) is 0 Å². The number of nitrogens with one attached hydrogen (secondary N) is 2. The zero-order valence-corrected chi connectivity index (χ0v) is 14.0. The van der Waals surface area contributed by atoms with E-state index in [-0.39, 0.29) is 17.9 Å². The number of H-pyrrole nitrogens is 1. The minimum atomic E-state index is -0.231. The lowest BCUT2D eigenvalue weighted by molar-refractivity contribution is -0.120. The van der Waals surface area contributed by atoms with Gasteiger partial charge in [-0.2, -0.15) is 0 Å². The smallest absolute Gasteiger partial charge is 0.252 e. The summed E-state index contributed by atoms with van der Waals surface area (Å²) in [6.45, 7) is 0.374. The highest BCUT2D eigenvalue weighted by atomic mass is 16.2. The Bertz CT molecular complexity index is 1160. The van der Waals surface area contributed by atoms with Crippen molar-refractivity contribution >= 4 is 27.7 Å². The summed E-state index contributed by atoms with van der Waals surface area (Å²) in [6.07, 6.45) is 1.78. The van der Waals surface area contributed by atoms with Crippen molar-refractivity contribution in [2.75, 3.05) is 0 Å². The second-order valence-corrected chi connectivity index (χ2v) is 6.16. The quantitative estimate of drug-likeness (QED) is 0.598. The maximum absolute atomic E-state index is 12.3. The minimum absolute atomic E-state index is 0.0400. The molecule has 26 heavy (non-hydrogen) atoms. The standard InChI is InChI=1S/C21H17N3O2/c25-19(12-17-11-15-5-1-2-9-18(15)24-21(17)26)23-13-16-7-3-6-14-8-4-10-22-20(14)16/h1-11H,12-13H2,(H,23,25)(H,24,26). The number of hydrogen-bond donors (Lipinski definition) is 2. The third-order valence-electron chi connectivity index (χ3n) is 4.37. The van der Waals surface area contributed by atoms with Gasteiger partial charge < -0.3 is 10.3 Å². The van der Waals surface area contributed by atoms with Crippen LogP contribution in [0.15, 0.2) is 71.7 Å². The van der Waals surface area contributed by atoms with E-state index in [0.29, 0.717) is 12.1 Å². The van der Waals surface area contributed by atoms with E-state index in [0.717, 1.165) is 27.4 Å². The average molecular weight is 343 g/mol. The second-order valence-electron chi connectivity index (χ2n) is 6.16. The molecule has 2 aromatic heterocycles. The summed E-state index contributed by atoms with van der Waals surface area (Å²) in [7, 11) is 0. The van der Waals surface area contributed by atoms with Crippen LogP contribution in [0.2, 0.25) is 0 Å². The fourth-order valence-electron chi connectivity index (χ4n) is 3.06. The Balaban J connectivity index is 1.51. The predicted molar refractivity (Wildman–Crippen MR) is 102 cm³/mol. The molecule has 0 saturated carbocycles. The molecule has 0 fully saturated rings. The number of aromatic amines is 1. The number of pyridine rings is 2. The molecule has 0 saturated heterocycles. The number of benzene rings is 2. The monoisotopic (exact) mass is 343 g/mol. The Morgan fingerprint density at radius 3 is 2.69 bits per heavy atom. The Labute approximate surface area is 149 Å². The lowest BCUT2D eigenvalue weighted by atomic mass is 10.1. The molecule has 0 bridgehead atoms. The van der Waals surface area contributed by atoms with E-state index >= 15 is 0 Å². The van der Waals surface area contributed by atoms with Gasteiger partial charge in [0, 0.05) is 29.2 Å². The van der Waals surface area contributed by atoms with Gasteiger partial charge in [-0.05, 0) is 29.1 Å². The molecule has 0 spiro atoms. The van der Waals surface area contributed by atoms with Crippen LogP contribution in [0.25, 0.3) is 21.8 Å². The van der Waals surface area contributed by atoms with E-state index in [1.807, 2.05) is 54.6 Å². The summed E-state index contributed by atoms with van der Waals surface area (Å²) in [5, 5.41) is 4.83. The number of fused-ring (bicyclic) bond motifs is 2. The number of hydrogen-bond acceptors (Lipinski definition) is 3. The molecule has 5 nitrogen and oxygen atoms in total. The van der Waals surface area contributed by atoms with Gasteiger partial charge in [-0.25, -0.2) is 0 Å². The van der Waals surface area contributed by atoms with Crippen LogP contribution >= 0.6 is 0 Å². The van der Waals surface area contributed by atoms with Crippen molar-refractivity contribution in [3.05, 3.63) is 88.3 Å². The molecule has 4 aromatic rings. The highest BCUT2D eigenvalue weighted by molar-refractivity contribution is 5.84. The van der Waals surface area contributed by atoms with Crippen molar-refractivity contribution in [3.8, 4) is 0 Å². The maximum Gasteiger partial charge on any atom is 0.252 e. The highest BCUT2D eigenvalue weighted by Crippen LogP contribution is 2.15. The molecule has 2 aromatic carbocycles. The van der Waals surface area contributed by atoms with Crippen LogP contribution in [0, 0.1) is 0 Å². The number of rotatable bonds is 4. The molecule has 0 aliphatic carbocycles. The maximum atomic E-state index is 12.3. The number of para-hydroxylation sites is 2. The largest absolute Gasteiger partial charge is 0.352 e. The van der Waals surface area contributed by atoms with Crippen LogP contribution < -0.4 is 10.9 Å². The molecule has 2 heterocycles. The summed E-state index contributed by atoms with van der Waals surface area (Å²) in [4.78, 5) is 31.7. The summed E-state index contributed by atoms with van der Waals surface area (Å²) in [5.74, 6) is -0.196. The molecule has 0 aliphatic heterocycles. The third kappa shape index (κ3) is 3.19. The molecular weight excluding hydrogens is 326 g/mol. The SMILES string of the molecule is O=C(Cc1cc2ccccc2[nH]c1=O)NCc1cccc2cccnc12. The number of amides is 1. The lowest BCUT2D eigenvalue weighted by Gasteiger charge is -2.08. The first-order valence-electron chi connectivity index (χ1n) is 8.41. The van der Waals surface area contributed by atoms with Crippen LogP contribution in [0.4, 0.5) is 0 Å². The van der Waals surface area contributed by atoms with Gasteiger partial charge in [-0.15, -0.1) is 0 Å². The molecule has 1 amide bonds. The summed E-state index contributed by atoms with van der Waals surface area (Å²) in [5.41, 5.74) is 2.81. The summed E-state index contributed by atoms with van der Waals surface area (Å²) >= 11 is 0. The first-order chi connectivity index (χ1) is 12.7. The Hall–Kier alpha value is -3.47. The van der Waals surface area contributed by atoms with Gasteiger partial charge in [0.05, 0.1) is 11.9 Å². The lowest BCUT2D eigenvalue weighted by Crippen LogP contribution is -2.27. The van der Waals surface area contributed by atoms with Crippen LogP contribution in [0.3, 0.4) is 0 Å². The van der Waals surface area contributed by atoms with Crippen LogP contribution in [0.5, 0.6) is 0 Å². The number of carbonyl (C=O) groups is 1. The van der Waals surface area contributed by atoms with Gasteiger partial charge in [0.2, 0.25) is 5.91 Å². The molecule has 5 heteroatoms. The van der Waals surface area contributed by atoms with E-state index < -0.39 is 0 Å². The second kappa shape index (κ2) is 6.80. The molecule has 0 aliphatic rings. The van der Waals surface area contributed by atoms with E-state index in [4.69, 9.17) is 0 Å². The Morgan fingerprint density at radius 1 is 0.962 bits per heavy atom. The number of carbonyl (C=O) groups excluding carboxylic acids is 1. The van der Waals surface area contributed by atoms with Crippen molar-refractivity contribution in [1.29, 1.82) is 0 Å². The van der Waals surface area contributed by atoms with Crippen molar-refractivity contribution < 1.29 is 4.79 Å². The first kappa shape index (κ1) is 16.0. The van der Waals surface area contributed by atoms with Gasteiger partial charge >= 0.3 is 0 Å². The number of nitrogens with zero attached hydrogens (tertiary/aromatic N) is 1. The first-order valence-corrected chi connectivity index (χ1v) is 8.41. The topological polar surface area (TPSA) is 74.8 Å². The zero-order valence-electron chi connectivity index (χ0n) is 14.0. The van der Waals surface area contributed by atoms with E-state index in [1.165, 1.54) is 0 Å². The van der Waals surface area contributed by atoms with Crippen LogP contribution in [0.1, 0.15) is 11.1 Å². The molecule has 4 rings (SSSR count). The zero-order chi connectivity index (χ0) is 17.9. The molecule has 0 unspecified atom stereocenters. The van der Waals surface area contributed by atoms with Crippen molar-refractivity contribution in [2.45, 2.75) is 13.0 Å². The average Bonchev–Trinajstić information content (AvgIpc) is 2.67. The van der Waals surface area contributed by atoms with Crippen LogP contribution in [-0.2, 0) is 17.8 Å². The van der Waals surface area contributed by atoms with Crippen molar-refractivity contribution in [1.82, 2.24) is 15.3 Å². The van der Waals surface area contributed by atoms with E-state index in [1.54, 1.807) is 12.3 Å². The fraction of sp³-hybridized carbons (Fsp3) is 0.0952. The van der Waals surface area contributed by atoms with E-state index in [9.17, 15) is 9.59 Å². The minimum Gasteiger partial charge on any atom is -0.352 e. The molecule has 128 valence electrons. The third-order valence-corrected chi connectivity index (χ3v) is 4.37. The predicted octanol–water partition coefficient (Wildman–Crippen LogP) is 2.94. The van der Waals surface area contributed by atoms with Gasteiger partial charge in [0.15, 0.2) is 0 Å². The summed E-state index contributed by atoms with van der Waals surface area (Å²) in [6, 6.07) is 19.0. The van der Waals surface area contributed by atoms with Crippen molar-refractivity contribution in [3.63, 3.8) is 0 Å². The van der Waals surface area contributed by atoms with Gasteiger partial charge in [-0.3, -0.25) is 14.6 Å². The van der Waals surface area contributed by atoms with Crippen LogP contribution in [-0.4, -0.2) is 15.9 Å². The molecule has 0 radical (unpaired) electrons. The molecule has 2 N–H and O–H groups in total. The van der Waals surface area contributed by atoms with Crippen molar-refractivity contribution in [2.24, 2.45) is 0 Å². The molecular formula is C21H17N3O2. The number of aromatic nitrogens is 2. The van der Waals surface area contributed by atoms with Gasteiger partial charge in [-0.1, -0.05) is 42.5 Å². The fourth-order valence-corrected chi connectivity index (χ4v) is 3.06. The van der Waals surface area contributed by atoms with E-state index in [2.05, 4.69) is 15.3 Å².